The molecular formula is C15H22N2O. The maximum atomic E-state index is 5.75. The molecule has 0 saturated carbocycles. The van der Waals surface area contributed by atoms with Gasteiger partial charge in [-0.25, -0.2) is 0 Å². The average Bonchev–Trinajstić information content (AvgIpc) is 2.66. The number of likely N-dealkylation sites (N-methyl/N-ethyl adjacent to an activating group) is 1. The van der Waals surface area contributed by atoms with E-state index in [1.807, 2.05) is 0 Å². The second-order valence-corrected chi connectivity index (χ2v) is 6.14. The van der Waals surface area contributed by atoms with Crippen LogP contribution in [0.25, 0.3) is 0 Å². The lowest BCUT2D eigenvalue weighted by Crippen LogP contribution is -2.44. The van der Waals surface area contributed by atoms with Crippen molar-refractivity contribution in [1.29, 1.82) is 0 Å². The maximum absolute atomic E-state index is 5.75. The summed E-state index contributed by atoms with van der Waals surface area (Å²) in [5.41, 5.74) is 2.86. The summed E-state index contributed by atoms with van der Waals surface area (Å²) >= 11 is 0. The minimum absolute atomic E-state index is 0.151. The van der Waals surface area contributed by atoms with Crippen LogP contribution in [0.15, 0.2) is 18.2 Å². The number of ether oxygens (including phenoxy) is 1. The molecule has 1 aromatic carbocycles. The van der Waals surface area contributed by atoms with Crippen LogP contribution in [0.1, 0.15) is 19.4 Å². The van der Waals surface area contributed by atoms with Gasteiger partial charge >= 0.3 is 0 Å². The molecule has 2 heterocycles. The van der Waals surface area contributed by atoms with Crippen LogP contribution in [-0.4, -0.2) is 44.7 Å². The van der Waals surface area contributed by atoms with Gasteiger partial charge in [0.1, 0.15) is 5.75 Å². The van der Waals surface area contributed by atoms with Crippen molar-refractivity contribution in [2.75, 3.05) is 44.7 Å². The maximum Gasteiger partial charge on any atom is 0.123 e. The van der Waals surface area contributed by atoms with Crippen molar-refractivity contribution in [2.24, 2.45) is 0 Å². The second kappa shape index (κ2) is 4.16. The molecule has 0 spiro atoms. The van der Waals surface area contributed by atoms with Gasteiger partial charge in [-0.3, -0.25) is 0 Å². The van der Waals surface area contributed by atoms with Gasteiger partial charge in [0.05, 0.1) is 6.61 Å². The molecule has 0 atom stereocenters. The lowest BCUT2D eigenvalue weighted by Gasteiger charge is -2.34. The SMILES string of the molecule is CN1CCN(c2ccc3c(c2)C(C)(C)CO3)CC1. The topological polar surface area (TPSA) is 15.7 Å². The van der Waals surface area contributed by atoms with Crippen LogP contribution < -0.4 is 9.64 Å². The third-order valence-corrected chi connectivity index (χ3v) is 4.15. The lowest BCUT2D eigenvalue weighted by molar-refractivity contribution is 0.291. The molecule has 3 heteroatoms. The van der Waals surface area contributed by atoms with Gasteiger partial charge in [0, 0.05) is 42.8 Å². The summed E-state index contributed by atoms with van der Waals surface area (Å²) in [5, 5.41) is 0. The second-order valence-electron chi connectivity index (χ2n) is 6.14. The molecule has 0 unspecified atom stereocenters. The van der Waals surface area contributed by atoms with E-state index < -0.39 is 0 Å². The molecule has 0 aliphatic carbocycles. The van der Waals surface area contributed by atoms with Crippen molar-refractivity contribution in [2.45, 2.75) is 19.3 Å². The van der Waals surface area contributed by atoms with E-state index >= 15 is 0 Å². The first-order valence-corrected chi connectivity index (χ1v) is 6.77. The van der Waals surface area contributed by atoms with E-state index in [0.717, 1.165) is 38.5 Å². The fraction of sp³-hybridized carbons (Fsp3) is 0.600. The van der Waals surface area contributed by atoms with Crippen LogP contribution in [0.3, 0.4) is 0 Å². The molecule has 98 valence electrons. The van der Waals surface area contributed by atoms with Gasteiger partial charge < -0.3 is 14.5 Å². The molecule has 0 amide bonds. The fourth-order valence-corrected chi connectivity index (χ4v) is 2.77. The van der Waals surface area contributed by atoms with Gasteiger partial charge in [-0.05, 0) is 25.2 Å². The van der Waals surface area contributed by atoms with E-state index in [9.17, 15) is 0 Å². The highest BCUT2D eigenvalue weighted by Crippen LogP contribution is 2.40. The number of rotatable bonds is 1. The van der Waals surface area contributed by atoms with E-state index in [1.165, 1.54) is 11.3 Å². The summed E-state index contributed by atoms with van der Waals surface area (Å²) in [6.45, 7) is 9.86. The van der Waals surface area contributed by atoms with E-state index in [2.05, 4.69) is 48.9 Å². The summed E-state index contributed by atoms with van der Waals surface area (Å²) in [6, 6.07) is 6.66. The Kier molecular flexibility index (Phi) is 2.74. The Morgan fingerprint density at radius 3 is 2.56 bits per heavy atom. The van der Waals surface area contributed by atoms with Crippen LogP contribution in [0, 0.1) is 0 Å². The Morgan fingerprint density at radius 1 is 1.11 bits per heavy atom. The van der Waals surface area contributed by atoms with Gasteiger partial charge in [-0.15, -0.1) is 0 Å². The van der Waals surface area contributed by atoms with Crippen LogP contribution in [-0.2, 0) is 5.41 Å². The van der Waals surface area contributed by atoms with E-state index in [4.69, 9.17) is 4.74 Å². The van der Waals surface area contributed by atoms with Gasteiger partial charge in [-0.2, -0.15) is 0 Å². The number of hydrogen-bond acceptors (Lipinski definition) is 3. The zero-order chi connectivity index (χ0) is 12.8. The summed E-state index contributed by atoms with van der Waals surface area (Å²) in [7, 11) is 2.19. The van der Waals surface area contributed by atoms with Crippen LogP contribution in [0.2, 0.25) is 0 Å². The van der Waals surface area contributed by atoms with Gasteiger partial charge in [0.2, 0.25) is 0 Å². The molecule has 0 N–H and O–H groups in total. The largest absolute Gasteiger partial charge is 0.492 e. The molecule has 0 radical (unpaired) electrons. The number of anilines is 1. The Morgan fingerprint density at radius 2 is 1.83 bits per heavy atom. The zero-order valence-electron chi connectivity index (χ0n) is 11.6. The first-order valence-electron chi connectivity index (χ1n) is 6.77. The van der Waals surface area contributed by atoms with Crippen molar-refractivity contribution in [3.8, 4) is 5.75 Å². The predicted octanol–water partition coefficient (Wildman–Crippen LogP) is 2.11. The third kappa shape index (κ3) is 1.97. The smallest absolute Gasteiger partial charge is 0.123 e. The van der Waals surface area contributed by atoms with Crippen LogP contribution in [0.4, 0.5) is 5.69 Å². The molecule has 1 fully saturated rings. The minimum Gasteiger partial charge on any atom is -0.492 e. The van der Waals surface area contributed by atoms with Crippen molar-refractivity contribution >= 4 is 5.69 Å². The minimum atomic E-state index is 0.151. The van der Waals surface area contributed by atoms with Crippen LogP contribution >= 0.6 is 0 Å². The van der Waals surface area contributed by atoms with Crippen LogP contribution in [0.5, 0.6) is 5.75 Å². The van der Waals surface area contributed by atoms with Crippen molar-refractivity contribution in [3.05, 3.63) is 23.8 Å². The number of piperazine rings is 1. The van der Waals surface area contributed by atoms with Gasteiger partial charge in [0.25, 0.3) is 0 Å². The first kappa shape index (κ1) is 11.8. The fourth-order valence-electron chi connectivity index (χ4n) is 2.77. The monoisotopic (exact) mass is 246 g/mol. The van der Waals surface area contributed by atoms with E-state index in [-0.39, 0.29) is 5.41 Å². The lowest BCUT2D eigenvalue weighted by atomic mass is 9.87. The summed E-state index contributed by atoms with van der Waals surface area (Å²) < 4.78 is 5.75. The average molecular weight is 246 g/mol. The number of benzene rings is 1. The normalized spacial score (nSPS) is 22.7. The zero-order valence-corrected chi connectivity index (χ0v) is 11.6. The molecule has 18 heavy (non-hydrogen) atoms. The highest BCUT2D eigenvalue weighted by atomic mass is 16.5. The molecule has 2 aliphatic heterocycles. The summed E-state index contributed by atoms with van der Waals surface area (Å²) in [6.07, 6.45) is 0. The standard InChI is InChI=1S/C15H22N2O/c1-15(2)11-18-14-5-4-12(10-13(14)15)17-8-6-16(3)7-9-17/h4-5,10H,6-9,11H2,1-3H3. The highest BCUT2D eigenvalue weighted by molar-refractivity contribution is 5.57. The molecule has 0 aromatic heterocycles. The van der Waals surface area contributed by atoms with Gasteiger partial charge in [-0.1, -0.05) is 13.8 Å². The molecule has 2 aliphatic rings. The molecule has 0 bridgehead atoms. The number of nitrogens with zero attached hydrogens (tertiary/aromatic N) is 2. The first-order chi connectivity index (χ1) is 8.56. The molecule has 3 rings (SSSR count). The van der Waals surface area contributed by atoms with Crippen molar-refractivity contribution in [3.63, 3.8) is 0 Å². The Hall–Kier alpha value is -1.22. The molecular weight excluding hydrogens is 224 g/mol. The van der Waals surface area contributed by atoms with Gasteiger partial charge in [0.15, 0.2) is 0 Å². The molecule has 1 aromatic rings. The highest BCUT2D eigenvalue weighted by Gasteiger charge is 2.32. The van der Waals surface area contributed by atoms with Crippen molar-refractivity contribution in [1.82, 2.24) is 4.90 Å². The number of fused-ring (bicyclic) bond motifs is 1. The summed E-state index contributed by atoms with van der Waals surface area (Å²) in [5.74, 6) is 1.07. The van der Waals surface area contributed by atoms with E-state index in [0.29, 0.717) is 0 Å². The van der Waals surface area contributed by atoms with E-state index in [1.54, 1.807) is 0 Å². The Bertz CT molecular complexity index is 448. The third-order valence-electron chi connectivity index (χ3n) is 4.15. The Balaban J connectivity index is 1.86. The predicted molar refractivity (Wildman–Crippen MR) is 74.7 cm³/mol. The van der Waals surface area contributed by atoms with Crippen molar-refractivity contribution < 1.29 is 4.74 Å². The quantitative estimate of drug-likeness (QED) is 0.755. The summed E-state index contributed by atoms with van der Waals surface area (Å²) in [4.78, 5) is 4.87. The molecule has 1 saturated heterocycles. The molecule has 3 nitrogen and oxygen atoms in total. The Labute approximate surface area is 109 Å². The number of hydrogen-bond donors (Lipinski definition) is 0.